The van der Waals surface area contributed by atoms with Gasteiger partial charge in [-0.1, -0.05) is 13.8 Å². The Morgan fingerprint density at radius 3 is 2.45 bits per heavy atom. The minimum atomic E-state index is -0.715. The maximum Gasteiger partial charge on any atom is 0.259 e. The van der Waals surface area contributed by atoms with E-state index in [2.05, 4.69) is 18.5 Å². The molecule has 0 N–H and O–H groups in total. The van der Waals surface area contributed by atoms with E-state index < -0.39 is 8.53 Å². The molecule has 0 spiro atoms. The van der Waals surface area contributed by atoms with Gasteiger partial charge in [0.2, 0.25) is 0 Å². The molecule has 3 nitrogen and oxygen atoms in total. The first-order chi connectivity index (χ1) is 5.27. The van der Waals surface area contributed by atoms with Crippen molar-refractivity contribution in [2.45, 2.75) is 26.9 Å². The SMILES string of the molecule is CCN(CC)P1OC[C@H](C)O1. The molecule has 0 saturated carbocycles. The Morgan fingerprint density at radius 1 is 1.45 bits per heavy atom. The summed E-state index contributed by atoms with van der Waals surface area (Å²) in [5.41, 5.74) is 0. The predicted molar refractivity (Wildman–Crippen MR) is 46.3 cm³/mol. The van der Waals surface area contributed by atoms with E-state index >= 15 is 0 Å². The smallest absolute Gasteiger partial charge is 0.259 e. The molecule has 0 radical (unpaired) electrons. The molecule has 0 aromatic carbocycles. The van der Waals surface area contributed by atoms with Crippen LogP contribution in [0.4, 0.5) is 0 Å². The molecule has 1 heterocycles. The first-order valence-corrected chi connectivity index (χ1v) is 5.25. The Morgan fingerprint density at radius 2 is 2.09 bits per heavy atom. The fraction of sp³-hybridized carbons (Fsp3) is 1.00. The lowest BCUT2D eigenvalue weighted by atomic mass is 10.5. The second kappa shape index (κ2) is 4.36. The van der Waals surface area contributed by atoms with Gasteiger partial charge in [0.15, 0.2) is 0 Å². The standard InChI is InChI=1S/C7H16NO2P/c1-4-8(5-2)11-9-6-7(3)10-11/h7H,4-6H2,1-3H3/t7-,11?/m0/s1. The van der Waals surface area contributed by atoms with Crippen molar-refractivity contribution in [1.29, 1.82) is 0 Å². The highest BCUT2D eigenvalue weighted by Crippen LogP contribution is 2.48. The zero-order valence-electron chi connectivity index (χ0n) is 7.41. The lowest BCUT2D eigenvalue weighted by molar-refractivity contribution is 0.257. The number of nitrogens with zero attached hydrogens (tertiary/aromatic N) is 1. The summed E-state index contributed by atoms with van der Waals surface area (Å²) >= 11 is 0. The highest BCUT2D eigenvalue weighted by Gasteiger charge is 2.27. The zero-order valence-corrected chi connectivity index (χ0v) is 8.30. The van der Waals surface area contributed by atoms with Crippen molar-refractivity contribution in [3.05, 3.63) is 0 Å². The van der Waals surface area contributed by atoms with Gasteiger partial charge in [-0.15, -0.1) is 0 Å². The topological polar surface area (TPSA) is 21.7 Å². The number of hydrogen-bond acceptors (Lipinski definition) is 3. The van der Waals surface area contributed by atoms with Gasteiger partial charge in [-0.2, -0.15) is 0 Å². The van der Waals surface area contributed by atoms with Crippen molar-refractivity contribution < 1.29 is 9.05 Å². The maximum atomic E-state index is 5.57. The van der Waals surface area contributed by atoms with Gasteiger partial charge in [0.05, 0.1) is 12.7 Å². The molecule has 0 bridgehead atoms. The summed E-state index contributed by atoms with van der Waals surface area (Å²) in [5.74, 6) is 0. The second-order valence-electron chi connectivity index (χ2n) is 2.59. The Balaban J connectivity index is 2.34. The molecule has 2 atom stereocenters. The molecule has 1 unspecified atom stereocenters. The predicted octanol–water partition coefficient (Wildman–Crippen LogP) is 1.99. The summed E-state index contributed by atoms with van der Waals surface area (Å²) in [7, 11) is -0.715. The normalized spacial score (nSPS) is 31.6. The van der Waals surface area contributed by atoms with Crippen molar-refractivity contribution in [2.24, 2.45) is 0 Å². The van der Waals surface area contributed by atoms with Gasteiger partial charge in [-0.05, 0) is 6.92 Å². The Kier molecular flexibility index (Phi) is 3.73. The van der Waals surface area contributed by atoms with E-state index in [-0.39, 0.29) is 6.10 Å². The third-order valence-corrected chi connectivity index (χ3v) is 3.59. The molecule has 0 amide bonds. The average molecular weight is 177 g/mol. The largest absolute Gasteiger partial charge is 0.319 e. The molecule has 0 aromatic rings. The van der Waals surface area contributed by atoms with Crippen LogP contribution in [0.2, 0.25) is 0 Å². The maximum absolute atomic E-state index is 5.57. The van der Waals surface area contributed by atoms with Crippen LogP contribution in [0.1, 0.15) is 20.8 Å². The van der Waals surface area contributed by atoms with Crippen LogP contribution >= 0.6 is 8.53 Å². The van der Waals surface area contributed by atoms with Crippen molar-refractivity contribution in [3.63, 3.8) is 0 Å². The lowest BCUT2D eigenvalue weighted by Crippen LogP contribution is -2.16. The summed E-state index contributed by atoms with van der Waals surface area (Å²) in [5, 5.41) is 0. The van der Waals surface area contributed by atoms with Gasteiger partial charge < -0.3 is 9.05 Å². The van der Waals surface area contributed by atoms with E-state index in [1.807, 2.05) is 6.92 Å². The Bertz CT molecular complexity index is 119. The first-order valence-electron chi connectivity index (χ1n) is 4.12. The van der Waals surface area contributed by atoms with Gasteiger partial charge in [-0.25, -0.2) is 4.67 Å². The molecule has 4 heteroatoms. The molecule has 11 heavy (non-hydrogen) atoms. The minimum absolute atomic E-state index is 0.279. The van der Waals surface area contributed by atoms with E-state index in [4.69, 9.17) is 9.05 Å². The highest BCUT2D eigenvalue weighted by molar-refractivity contribution is 7.44. The van der Waals surface area contributed by atoms with Crippen molar-refractivity contribution in [1.82, 2.24) is 4.67 Å². The van der Waals surface area contributed by atoms with Gasteiger partial charge in [-0.3, -0.25) is 0 Å². The molecule has 1 rings (SSSR count). The summed E-state index contributed by atoms with van der Waals surface area (Å²) in [6, 6.07) is 0. The van der Waals surface area contributed by atoms with Crippen LogP contribution in [-0.2, 0) is 9.05 Å². The van der Waals surface area contributed by atoms with E-state index in [1.165, 1.54) is 0 Å². The van der Waals surface area contributed by atoms with E-state index in [0.29, 0.717) is 0 Å². The Hall–Kier alpha value is 0.310. The average Bonchev–Trinajstić information content (AvgIpc) is 2.39. The summed E-state index contributed by atoms with van der Waals surface area (Å²) in [6.45, 7) is 9.07. The molecule has 0 aliphatic carbocycles. The third-order valence-electron chi connectivity index (χ3n) is 1.65. The van der Waals surface area contributed by atoms with E-state index in [9.17, 15) is 0 Å². The summed E-state index contributed by atoms with van der Waals surface area (Å²) < 4.78 is 13.3. The van der Waals surface area contributed by atoms with Crippen molar-refractivity contribution in [2.75, 3.05) is 19.7 Å². The number of hydrogen-bond donors (Lipinski definition) is 0. The van der Waals surface area contributed by atoms with Crippen LogP contribution in [0.3, 0.4) is 0 Å². The molecule has 0 aromatic heterocycles. The lowest BCUT2D eigenvalue weighted by Gasteiger charge is -2.21. The molecular formula is C7H16NO2P. The van der Waals surface area contributed by atoms with Crippen LogP contribution in [0.25, 0.3) is 0 Å². The highest BCUT2D eigenvalue weighted by atomic mass is 31.2. The monoisotopic (exact) mass is 177 g/mol. The Labute approximate surface area is 69.6 Å². The van der Waals surface area contributed by atoms with Crippen LogP contribution in [0.15, 0.2) is 0 Å². The van der Waals surface area contributed by atoms with Crippen LogP contribution in [0, 0.1) is 0 Å². The third kappa shape index (κ3) is 2.38. The van der Waals surface area contributed by atoms with Gasteiger partial charge in [0, 0.05) is 13.1 Å². The second-order valence-corrected chi connectivity index (χ2v) is 4.10. The number of rotatable bonds is 3. The van der Waals surface area contributed by atoms with Gasteiger partial charge in [0.1, 0.15) is 0 Å². The first kappa shape index (κ1) is 9.40. The van der Waals surface area contributed by atoms with Crippen LogP contribution in [0.5, 0.6) is 0 Å². The van der Waals surface area contributed by atoms with Gasteiger partial charge >= 0.3 is 0 Å². The molecule has 66 valence electrons. The van der Waals surface area contributed by atoms with E-state index in [0.717, 1.165) is 19.7 Å². The summed E-state index contributed by atoms with van der Waals surface area (Å²) in [6.07, 6.45) is 0.279. The fourth-order valence-corrected chi connectivity index (χ4v) is 2.51. The van der Waals surface area contributed by atoms with Crippen molar-refractivity contribution in [3.8, 4) is 0 Å². The van der Waals surface area contributed by atoms with Gasteiger partial charge in [0.25, 0.3) is 8.53 Å². The van der Waals surface area contributed by atoms with E-state index in [1.54, 1.807) is 0 Å². The molecular weight excluding hydrogens is 161 g/mol. The molecule has 1 fully saturated rings. The quantitative estimate of drug-likeness (QED) is 0.615. The summed E-state index contributed by atoms with van der Waals surface area (Å²) in [4.78, 5) is 0. The fourth-order valence-electron chi connectivity index (χ4n) is 0.986. The molecule has 1 aliphatic rings. The zero-order chi connectivity index (χ0) is 8.27. The van der Waals surface area contributed by atoms with Crippen LogP contribution < -0.4 is 0 Å². The molecule has 1 aliphatic heterocycles. The minimum Gasteiger partial charge on any atom is -0.319 e. The van der Waals surface area contributed by atoms with Crippen molar-refractivity contribution >= 4 is 8.53 Å². The van der Waals surface area contributed by atoms with Crippen LogP contribution in [-0.4, -0.2) is 30.5 Å². The molecule has 1 saturated heterocycles.